The average Bonchev–Trinajstić information content (AvgIpc) is 3.67. The second-order valence-electron chi connectivity index (χ2n) is 12.0. The number of halogens is 2. The van der Waals surface area contributed by atoms with Gasteiger partial charge in [-0.25, -0.2) is 9.37 Å². The van der Waals surface area contributed by atoms with Crippen LogP contribution in [0.1, 0.15) is 59.6 Å². The topological polar surface area (TPSA) is 118 Å². The van der Waals surface area contributed by atoms with Crippen molar-refractivity contribution in [3.63, 3.8) is 0 Å². The summed E-state index contributed by atoms with van der Waals surface area (Å²) < 4.78 is 29.2. The van der Waals surface area contributed by atoms with Gasteiger partial charge in [0.25, 0.3) is 5.82 Å². The number of rotatable bonds is 7. The fourth-order valence-corrected chi connectivity index (χ4v) is 6.77. The number of fused-ring (bicyclic) bond motifs is 2. The monoisotopic (exact) mass is 636 g/mol. The summed E-state index contributed by atoms with van der Waals surface area (Å²) in [5.41, 5.74) is 5.00. The zero-order chi connectivity index (χ0) is 31.2. The van der Waals surface area contributed by atoms with Gasteiger partial charge in [-0.1, -0.05) is 41.9 Å². The number of nitrogens with zero attached hydrogens (tertiary/aromatic N) is 7. The quantitative estimate of drug-likeness (QED) is 0.225. The molecule has 10 nitrogen and oxygen atoms in total. The van der Waals surface area contributed by atoms with Crippen LogP contribution in [0.4, 0.5) is 4.39 Å². The first-order valence-electron chi connectivity index (χ1n) is 15.5. The molecule has 0 amide bonds. The van der Waals surface area contributed by atoms with Crippen molar-refractivity contribution in [2.45, 2.75) is 50.5 Å². The molecule has 6 heterocycles. The van der Waals surface area contributed by atoms with Crippen molar-refractivity contribution in [3.05, 3.63) is 93.9 Å². The average molecular weight is 637 g/mol. The van der Waals surface area contributed by atoms with Crippen LogP contribution < -0.4 is 4.74 Å². The maximum atomic E-state index is 14.8. The summed E-state index contributed by atoms with van der Waals surface area (Å²) in [7, 11) is 0. The van der Waals surface area contributed by atoms with E-state index in [-0.39, 0.29) is 17.7 Å². The number of likely N-dealkylation sites (tertiary alicyclic amines) is 1. The van der Waals surface area contributed by atoms with Crippen molar-refractivity contribution < 1.29 is 13.9 Å². The summed E-state index contributed by atoms with van der Waals surface area (Å²) in [5.74, 6) is 2.26. The molecule has 0 radical (unpaired) electrons. The number of nitriles is 1. The van der Waals surface area contributed by atoms with E-state index in [1.165, 1.54) is 11.6 Å². The molecule has 0 aliphatic carbocycles. The largest absolute Gasteiger partial charge is 0.481 e. The summed E-state index contributed by atoms with van der Waals surface area (Å²) in [6.45, 7) is 4.02. The van der Waals surface area contributed by atoms with Gasteiger partial charge in [-0.05, 0) is 68.1 Å². The van der Waals surface area contributed by atoms with Crippen LogP contribution in [0, 0.1) is 17.1 Å². The Bertz CT molecular complexity index is 2000. The van der Waals surface area contributed by atoms with Crippen molar-refractivity contribution in [2.24, 2.45) is 0 Å². The molecule has 0 bridgehead atoms. The van der Waals surface area contributed by atoms with Gasteiger partial charge in [0.15, 0.2) is 5.82 Å². The molecule has 12 heteroatoms. The first kappa shape index (κ1) is 28.8. The van der Waals surface area contributed by atoms with Crippen molar-refractivity contribution in [1.29, 1.82) is 5.26 Å². The lowest BCUT2D eigenvalue weighted by Crippen LogP contribution is -2.35. The second-order valence-corrected chi connectivity index (χ2v) is 12.4. The molecule has 2 fully saturated rings. The molecule has 5 aromatic rings. The van der Waals surface area contributed by atoms with Crippen molar-refractivity contribution in [3.8, 4) is 23.3 Å². The van der Waals surface area contributed by atoms with Crippen LogP contribution in [-0.2, 0) is 17.8 Å². The molecule has 3 aliphatic heterocycles. The van der Waals surface area contributed by atoms with E-state index in [9.17, 15) is 4.39 Å². The third-order valence-corrected chi connectivity index (χ3v) is 9.39. The first-order chi connectivity index (χ1) is 22.5. The van der Waals surface area contributed by atoms with E-state index in [2.05, 4.69) is 41.8 Å². The lowest BCUT2D eigenvalue weighted by Gasteiger charge is -2.34. The molecule has 0 spiro atoms. The summed E-state index contributed by atoms with van der Waals surface area (Å²) in [6, 6.07) is 14.8. The molecule has 3 aromatic heterocycles. The van der Waals surface area contributed by atoms with E-state index < -0.39 is 6.10 Å². The number of ether oxygens (including phenoxy) is 2. The molecule has 232 valence electrons. The number of nitrogens with one attached hydrogen (secondary N) is 1. The normalized spacial score (nSPS) is 19.8. The zero-order valence-electron chi connectivity index (χ0n) is 24.9. The number of para-hydroxylation sites is 1. The molecule has 2 atom stereocenters. The van der Waals surface area contributed by atoms with Gasteiger partial charge in [0.2, 0.25) is 0 Å². The van der Waals surface area contributed by atoms with E-state index in [4.69, 9.17) is 31.3 Å². The Morgan fingerprint density at radius 3 is 2.72 bits per heavy atom. The van der Waals surface area contributed by atoms with Crippen LogP contribution in [0.5, 0.6) is 5.75 Å². The van der Waals surface area contributed by atoms with Gasteiger partial charge in [-0.3, -0.25) is 15.0 Å². The lowest BCUT2D eigenvalue weighted by molar-refractivity contribution is -0.0592. The highest BCUT2D eigenvalue weighted by atomic mass is 35.5. The highest BCUT2D eigenvalue weighted by molar-refractivity contribution is 6.30. The molecular formula is C34H30ClFN8O2. The van der Waals surface area contributed by atoms with Gasteiger partial charge in [0.1, 0.15) is 35.3 Å². The van der Waals surface area contributed by atoms with Gasteiger partial charge in [-0.2, -0.15) is 10.2 Å². The minimum Gasteiger partial charge on any atom is -0.481 e. The van der Waals surface area contributed by atoms with Gasteiger partial charge in [0.05, 0.1) is 36.4 Å². The highest BCUT2D eigenvalue weighted by Crippen LogP contribution is 2.42. The van der Waals surface area contributed by atoms with E-state index >= 15 is 0 Å². The Labute approximate surface area is 269 Å². The molecule has 2 saturated heterocycles. The number of aromatic nitrogens is 6. The molecule has 2 aromatic carbocycles. The number of benzene rings is 2. The minimum absolute atomic E-state index is 0.0722. The van der Waals surface area contributed by atoms with Crippen molar-refractivity contribution >= 4 is 28.7 Å². The molecule has 0 saturated carbocycles. The Hall–Kier alpha value is -4.63. The number of H-pyrrole nitrogens is 1. The smallest absolute Gasteiger partial charge is 0.252 e. The van der Waals surface area contributed by atoms with Gasteiger partial charge in [0, 0.05) is 22.8 Å². The highest BCUT2D eigenvalue weighted by Gasteiger charge is 2.29. The van der Waals surface area contributed by atoms with Crippen LogP contribution in [0.15, 0.2) is 54.7 Å². The Balaban J connectivity index is 1.00. The summed E-state index contributed by atoms with van der Waals surface area (Å²) in [6.07, 6.45) is 8.35. The van der Waals surface area contributed by atoms with E-state index in [0.717, 1.165) is 73.7 Å². The summed E-state index contributed by atoms with van der Waals surface area (Å²) in [4.78, 5) is 16.3. The third-order valence-electron chi connectivity index (χ3n) is 9.15. The maximum absolute atomic E-state index is 14.8. The standard InChI is InChI=1S/C34H30ClFN8O2/c35-22-5-6-25(26(36)14-22)30-7-4-21-2-1-3-24(33(21)46-30)20-8-11-43(12-9-20)19-32-39-27-15-28(34-40-31(16-37)41-42-34)38-17-29(27)44(32)18-23-10-13-45-23/h1-7,14-15,17,20,23,30H,8-13,18-19H2,(H,40,41,42)/t23-,30+/m0/s1. The molecule has 1 N–H and O–H groups in total. The van der Waals surface area contributed by atoms with Gasteiger partial charge in [-0.15, -0.1) is 5.10 Å². The number of piperidine rings is 1. The fraction of sp³-hybridized carbons (Fsp3) is 0.324. The van der Waals surface area contributed by atoms with E-state index in [1.807, 2.05) is 36.6 Å². The third kappa shape index (κ3) is 5.42. The van der Waals surface area contributed by atoms with E-state index in [0.29, 0.717) is 34.6 Å². The molecule has 8 rings (SSSR count). The number of hydrogen-bond donors (Lipinski definition) is 1. The number of pyridine rings is 1. The number of hydrogen-bond acceptors (Lipinski definition) is 8. The van der Waals surface area contributed by atoms with Gasteiger partial charge >= 0.3 is 0 Å². The Morgan fingerprint density at radius 2 is 1.96 bits per heavy atom. The van der Waals surface area contributed by atoms with Crippen molar-refractivity contribution in [1.82, 2.24) is 34.6 Å². The Morgan fingerprint density at radius 1 is 1.09 bits per heavy atom. The number of aromatic amines is 1. The lowest BCUT2D eigenvalue weighted by atomic mass is 9.87. The van der Waals surface area contributed by atoms with Crippen LogP contribution in [0.25, 0.3) is 28.6 Å². The van der Waals surface area contributed by atoms with Crippen LogP contribution in [0.2, 0.25) is 5.02 Å². The first-order valence-corrected chi connectivity index (χ1v) is 15.8. The van der Waals surface area contributed by atoms with Crippen LogP contribution in [0.3, 0.4) is 0 Å². The SMILES string of the molecule is N#Cc1n[nH]c(-c2cc3nc(CN4CCC(c5cccc6c5O[C@@H](c5ccc(Cl)cc5F)C=C6)CC4)n(C[C@@H]4CCO4)c3cn2)n1. The Kier molecular flexibility index (Phi) is 7.48. The maximum Gasteiger partial charge on any atom is 0.252 e. The molecule has 3 aliphatic rings. The molecule has 0 unspecified atom stereocenters. The fourth-order valence-electron chi connectivity index (χ4n) is 6.61. The predicted octanol–water partition coefficient (Wildman–Crippen LogP) is 6.20. The number of imidazole rings is 1. The second kappa shape index (κ2) is 11.9. The van der Waals surface area contributed by atoms with Crippen LogP contribution >= 0.6 is 11.6 Å². The summed E-state index contributed by atoms with van der Waals surface area (Å²) in [5, 5.41) is 16.2. The van der Waals surface area contributed by atoms with Crippen LogP contribution in [-0.4, -0.2) is 60.4 Å². The zero-order valence-corrected chi connectivity index (χ0v) is 25.6. The van der Waals surface area contributed by atoms with Crippen molar-refractivity contribution in [2.75, 3.05) is 19.7 Å². The van der Waals surface area contributed by atoms with E-state index in [1.54, 1.807) is 12.1 Å². The molecule has 46 heavy (non-hydrogen) atoms. The molecular weight excluding hydrogens is 607 g/mol. The predicted molar refractivity (Wildman–Crippen MR) is 169 cm³/mol. The minimum atomic E-state index is -0.508. The summed E-state index contributed by atoms with van der Waals surface area (Å²) >= 11 is 5.99. The van der Waals surface area contributed by atoms with Gasteiger partial charge < -0.3 is 14.0 Å².